The lowest BCUT2D eigenvalue weighted by molar-refractivity contribution is 0.0358. The molecule has 1 N–H and O–H groups in total. The lowest BCUT2D eigenvalue weighted by Crippen LogP contribution is -2.33. The number of unbranched alkanes of at least 4 members (excludes halogenated alkanes) is 5. The molecule has 0 atom stereocenters. The topological polar surface area (TPSA) is 20.2 Å². The first-order chi connectivity index (χ1) is 9.23. The number of rotatable bonds is 9. The Morgan fingerprint density at radius 1 is 0.947 bits per heavy atom. The SMILES string of the molecule is CCCCC/C=C(\CCCCC)C1(O)CCCCC1. The average Bonchev–Trinajstić information content (AvgIpc) is 2.42. The smallest absolute Gasteiger partial charge is 0.0856 e. The van der Waals surface area contributed by atoms with Crippen molar-refractivity contribution in [2.75, 3.05) is 0 Å². The highest BCUT2D eigenvalue weighted by Crippen LogP contribution is 2.36. The zero-order valence-corrected chi connectivity index (χ0v) is 13.2. The van der Waals surface area contributed by atoms with Gasteiger partial charge in [-0.3, -0.25) is 0 Å². The third-order valence-electron chi connectivity index (χ3n) is 4.53. The van der Waals surface area contributed by atoms with E-state index in [1.807, 2.05) is 0 Å². The van der Waals surface area contributed by atoms with Crippen molar-refractivity contribution in [3.8, 4) is 0 Å². The summed E-state index contributed by atoms with van der Waals surface area (Å²) in [5.41, 5.74) is 0.926. The molecule has 0 amide bonds. The highest BCUT2D eigenvalue weighted by atomic mass is 16.3. The molecular formula is C18H34O. The van der Waals surface area contributed by atoms with Crippen LogP contribution >= 0.6 is 0 Å². The fraction of sp³-hybridized carbons (Fsp3) is 0.889. The Morgan fingerprint density at radius 2 is 1.58 bits per heavy atom. The van der Waals surface area contributed by atoms with E-state index >= 15 is 0 Å². The van der Waals surface area contributed by atoms with Gasteiger partial charge >= 0.3 is 0 Å². The van der Waals surface area contributed by atoms with E-state index < -0.39 is 5.60 Å². The third-order valence-corrected chi connectivity index (χ3v) is 4.53. The fourth-order valence-electron chi connectivity index (χ4n) is 3.22. The molecule has 0 spiro atoms. The molecule has 112 valence electrons. The predicted molar refractivity (Wildman–Crippen MR) is 84.4 cm³/mol. The van der Waals surface area contributed by atoms with Gasteiger partial charge in [-0.2, -0.15) is 0 Å². The molecule has 0 unspecified atom stereocenters. The van der Waals surface area contributed by atoms with Crippen LogP contribution in [0.5, 0.6) is 0 Å². The summed E-state index contributed by atoms with van der Waals surface area (Å²) in [4.78, 5) is 0. The number of allylic oxidation sites excluding steroid dienone is 1. The minimum absolute atomic E-state index is 0.446. The Hall–Kier alpha value is -0.300. The van der Waals surface area contributed by atoms with E-state index in [0.29, 0.717) is 0 Å². The molecule has 1 rings (SSSR count). The van der Waals surface area contributed by atoms with E-state index in [4.69, 9.17) is 0 Å². The molecule has 0 radical (unpaired) electrons. The van der Waals surface area contributed by atoms with Gasteiger partial charge in [-0.15, -0.1) is 0 Å². The van der Waals surface area contributed by atoms with Crippen LogP contribution in [0.1, 0.15) is 97.3 Å². The lowest BCUT2D eigenvalue weighted by Gasteiger charge is -2.35. The molecule has 1 saturated carbocycles. The zero-order valence-electron chi connectivity index (χ0n) is 13.2. The average molecular weight is 266 g/mol. The van der Waals surface area contributed by atoms with Gasteiger partial charge in [-0.1, -0.05) is 64.9 Å². The summed E-state index contributed by atoms with van der Waals surface area (Å²) >= 11 is 0. The van der Waals surface area contributed by atoms with Gasteiger partial charge in [0.2, 0.25) is 0 Å². The normalized spacial score (nSPS) is 19.6. The summed E-state index contributed by atoms with van der Waals surface area (Å²) in [6.07, 6.45) is 18.1. The summed E-state index contributed by atoms with van der Waals surface area (Å²) in [5, 5.41) is 10.9. The van der Waals surface area contributed by atoms with E-state index in [-0.39, 0.29) is 0 Å². The maximum atomic E-state index is 10.9. The molecule has 1 aliphatic rings. The maximum Gasteiger partial charge on any atom is 0.0856 e. The minimum atomic E-state index is -0.446. The van der Waals surface area contributed by atoms with Gasteiger partial charge in [0.25, 0.3) is 0 Å². The van der Waals surface area contributed by atoms with Gasteiger partial charge in [-0.25, -0.2) is 0 Å². The molecule has 0 aromatic rings. The summed E-state index contributed by atoms with van der Waals surface area (Å²) in [5.74, 6) is 0. The number of hydrogen-bond donors (Lipinski definition) is 1. The summed E-state index contributed by atoms with van der Waals surface area (Å²) in [6.45, 7) is 4.50. The van der Waals surface area contributed by atoms with Crippen molar-refractivity contribution in [2.45, 2.75) is 103 Å². The van der Waals surface area contributed by atoms with Crippen molar-refractivity contribution in [3.63, 3.8) is 0 Å². The zero-order chi connectivity index (χ0) is 14.0. The van der Waals surface area contributed by atoms with Gasteiger partial charge in [0.1, 0.15) is 0 Å². The molecule has 0 aromatic heterocycles. The van der Waals surface area contributed by atoms with Crippen molar-refractivity contribution in [3.05, 3.63) is 11.6 Å². The molecule has 1 heteroatoms. The van der Waals surface area contributed by atoms with E-state index in [2.05, 4.69) is 19.9 Å². The number of aliphatic hydroxyl groups is 1. The predicted octanol–water partition coefficient (Wildman–Crippen LogP) is 5.77. The van der Waals surface area contributed by atoms with Crippen LogP contribution in [0.15, 0.2) is 11.6 Å². The van der Waals surface area contributed by atoms with Crippen LogP contribution in [-0.2, 0) is 0 Å². The second kappa shape index (κ2) is 9.58. The molecule has 1 aliphatic carbocycles. The highest BCUT2D eigenvalue weighted by molar-refractivity contribution is 5.17. The van der Waals surface area contributed by atoms with E-state index in [1.54, 1.807) is 0 Å². The van der Waals surface area contributed by atoms with Crippen LogP contribution in [0.2, 0.25) is 0 Å². The first kappa shape index (κ1) is 16.8. The minimum Gasteiger partial charge on any atom is -0.386 e. The second-order valence-corrected chi connectivity index (χ2v) is 6.27. The maximum absolute atomic E-state index is 10.9. The van der Waals surface area contributed by atoms with Gasteiger partial charge in [0, 0.05) is 0 Å². The Labute approximate surface area is 120 Å². The Kier molecular flexibility index (Phi) is 8.45. The van der Waals surface area contributed by atoms with Crippen molar-refractivity contribution in [1.82, 2.24) is 0 Å². The van der Waals surface area contributed by atoms with Crippen molar-refractivity contribution >= 4 is 0 Å². The van der Waals surface area contributed by atoms with Gasteiger partial charge < -0.3 is 5.11 Å². The Balaban J connectivity index is 2.55. The van der Waals surface area contributed by atoms with Crippen LogP contribution in [0.4, 0.5) is 0 Å². The largest absolute Gasteiger partial charge is 0.386 e. The lowest BCUT2D eigenvalue weighted by atomic mass is 9.77. The van der Waals surface area contributed by atoms with Crippen molar-refractivity contribution < 1.29 is 5.11 Å². The highest BCUT2D eigenvalue weighted by Gasteiger charge is 2.32. The third kappa shape index (κ3) is 6.12. The molecule has 0 aliphatic heterocycles. The fourth-order valence-corrected chi connectivity index (χ4v) is 3.22. The Morgan fingerprint density at radius 3 is 2.21 bits per heavy atom. The Bertz CT molecular complexity index is 248. The molecule has 1 fully saturated rings. The van der Waals surface area contributed by atoms with Crippen LogP contribution in [0.3, 0.4) is 0 Å². The summed E-state index contributed by atoms with van der Waals surface area (Å²) in [6, 6.07) is 0. The first-order valence-corrected chi connectivity index (χ1v) is 8.65. The summed E-state index contributed by atoms with van der Waals surface area (Å²) in [7, 11) is 0. The van der Waals surface area contributed by atoms with Gasteiger partial charge in [-0.05, 0) is 44.1 Å². The second-order valence-electron chi connectivity index (χ2n) is 6.27. The van der Waals surface area contributed by atoms with E-state index in [9.17, 15) is 5.11 Å². The molecule has 1 nitrogen and oxygen atoms in total. The summed E-state index contributed by atoms with van der Waals surface area (Å²) < 4.78 is 0. The van der Waals surface area contributed by atoms with Gasteiger partial charge in [0.05, 0.1) is 5.60 Å². The van der Waals surface area contributed by atoms with Crippen molar-refractivity contribution in [2.24, 2.45) is 0 Å². The van der Waals surface area contributed by atoms with Crippen LogP contribution in [-0.4, -0.2) is 10.7 Å². The van der Waals surface area contributed by atoms with Crippen molar-refractivity contribution in [1.29, 1.82) is 0 Å². The van der Waals surface area contributed by atoms with E-state index in [1.165, 1.54) is 63.4 Å². The number of hydrogen-bond acceptors (Lipinski definition) is 1. The molecule has 0 saturated heterocycles. The molecule has 0 bridgehead atoms. The molecule has 0 aromatic carbocycles. The van der Waals surface area contributed by atoms with E-state index in [0.717, 1.165) is 25.7 Å². The monoisotopic (exact) mass is 266 g/mol. The van der Waals surface area contributed by atoms with Crippen LogP contribution in [0, 0.1) is 0 Å². The van der Waals surface area contributed by atoms with Crippen LogP contribution in [0.25, 0.3) is 0 Å². The molecular weight excluding hydrogens is 232 g/mol. The van der Waals surface area contributed by atoms with Crippen LogP contribution < -0.4 is 0 Å². The van der Waals surface area contributed by atoms with Gasteiger partial charge in [0.15, 0.2) is 0 Å². The first-order valence-electron chi connectivity index (χ1n) is 8.65. The molecule has 0 heterocycles. The standard InChI is InChI=1S/C18H34O/c1-3-5-7-10-14-17(13-9-6-4-2)18(19)15-11-8-12-16-18/h14,19H,3-13,15-16H2,1-2H3/b17-14+. The molecule has 19 heavy (non-hydrogen) atoms. The quantitative estimate of drug-likeness (QED) is 0.415.